The standard InChI is InChI=1S/C12H17N3O4/c1-5-14(12(3,4)11(16)17)10-9(15(18)19)8(2)6-7-13-10/h6-7H,5H2,1-4H3,(H,16,17). The summed E-state index contributed by atoms with van der Waals surface area (Å²) in [5.74, 6) is -0.980. The van der Waals surface area contributed by atoms with Crippen LogP contribution in [0.5, 0.6) is 0 Å². The second-order valence-electron chi connectivity index (χ2n) is 4.67. The summed E-state index contributed by atoms with van der Waals surface area (Å²) in [4.78, 5) is 27.4. The molecule has 1 N–H and O–H groups in total. The van der Waals surface area contributed by atoms with Crippen molar-refractivity contribution >= 4 is 17.5 Å². The number of rotatable bonds is 5. The van der Waals surface area contributed by atoms with Gasteiger partial charge in [0.2, 0.25) is 5.82 Å². The van der Waals surface area contributed by atoms with E-state index in [1.54, 1.807) is 13.8 Å². The zero-order chi connectivity index (χ0) is 14.8. The van der Waals surface area contributed by atoms with E-state index in [0.29, 0.717) is 12.1 Å². The summed E-state index contributed by atoms with van der Waals surface area (Å²) in [6.45, 7) is 6.62. The maximum absolute atomic E-state index is 11.3. The molecule has 0 unspecified atom stereocenters. The highest BCUT2D eigenvalue weighted by atomic mass is 16.6. The summed E-state index contributed by atoms with van der Waals surface area (Å²) >= 11 is 0. The molecular weight excluding hydrogens is 250 g/mol. The summed E-state index contributed by atoms with van der Waals surface area (Å²) < 4.78 is 0. The van der Waals surface area contributed by atoms with Crippen LogP contribution in [0.3, 0.4) is 0 Å². The number of hydrogen-bond donors (Lipinski definition) is 1. The molecule has 1 rings (SSSR count). The molecule has 0 radical (unpaired) electrons. The highest BCUT2D eigenvalue weighted by Gasteiger charge is 2.38. The fraction of sp³-hybridized carbons (Fsp3) is 0.500. The molecule has 19 heavy (non-hydrogen) atoms. The minimum atomic E-state index is -1.28. The molecule has 1 aromatic heterocycles. The van der Waals surface area contributed by atoms with Crippen LogP contribution < -0.4 is 4.90 Å². The van der Waals surface area contributed by atoms with E-state index < -0.39 is 16.4 Å². The van der Waals surface area contributed by atoms with Crippen molar-refractivity contribution in [3.05, 3.63) is 27.9 Å². The number of aryl methyl sites for hydroxylation is 1. The predicted octanol–water partition coefficient (Wildman–Crippen LogP) is 1.99. The topological polar surface area (TPSA) is 96.6 Å². The molecule has 0 aromatic carbocycles. The molecule has 0 fully saturated rings. The molecule has 7 nitrogen and oxygen atoms in total. The first kappa shape index (κ1) is 14.9. The second kappa shape index (κ2) is 5.21. The monoisotopic (exact) mass is 267 g/mol. The van der Waals surface area contributed by atoms with Gasteiger partial charge in [-0.15, -0.1) is 0 Å². The Morgan fingerprint density at radius 2 is 2.16 bits per heavy atom. The maximum Gasteiger partial charge on any atom is 0.329 e. The summed E-state index contributed by atoms with van der Waals surface area (Å²) in [6, 6.07) is 1.53. The number of aliphatic carboxylic acids is 1. The van der Waals surface area contributed by atoms with Gasteiger partial charge in [-0.05, 0) is 33.8 Å². The molecule has 0 amide bonds. The Balaban J connectivity index is 3.47. The number of carbonyl (C=O) groups is 1. The van der Waals surface area contributed by atoms with Crippen LogP contribution in [0.2, 0.25) is 0 Å². The Kier molecular flexibility index (Phi) is 4.08. The third kappa shape index (κ3) is 2.64. The lowest BCUT2D eigenvalue weighted by Crippen LogP contribution is -2.51. The van der Waals surface area contributed by atoms with Crippen LogP contribution in [0.4, 0.5) is 11.5 Å². The number of carboxylic acids is 1. The van der Waals surface area contributed by atoms with Crippen molar-refractivity contribution in [1.82, 2.24) is 4.98 Å². The van der Waals surface area contributed by atoms with Crippen LogP contribution in [0.25, 0.3) is 0 Å². The third-order valence-electron chi connectivity index (χ3n) is 3.06. The molecule has 0 spiro atoms. The SMILES string of the molecule is CCN(c1nccc(C)c1[N+](=O)[O-])C(C)(C)C(=O)O. The Morgan fingerprint density at radius 3 is 2.58 bits per heavy atom. The minimum Gasteiger partial charge on any atom is -0.480 e. The summed E-state index contributed by atoms with van der Waals surface area (Å²) in [5, 5.41) is 20.4. The molecule has 0 saturated carbocycles. The number of carboxylic acid groups (broad SMARTS) is 1. The van der Waals surface area contributed by atoms with Gasteiger partial charge in [0, 0.05) is 18.3 Å². The number of nitrogens with zero attached hydrogens (tertiary/aromatic N) is 3. The lowest BCUT2D eigenvalue weighted by atomic mass is 10.0. The predicted molar refractivity (Wildman–Crippen MR) is 70.4 cm³/mol. The van der Waals surface area contributed by atoms with E-state index in [1.807, 2.05) is 0 Å². The average Bonchev–Trinajstić information content (AvgIpc) is 2.28. The molecule has 0 atom stereocenters. The Labute approximate surface area is 111 Å². The Hall–Kier alpha value is -2.18. The van der Waals surface area contributed by atoms with Crippen molar-refractivity contribution in [2.24, 2.45) is 0 Å². The van der Waals surface area contributed by atoms with Gasteiger partial charge < -0.3 is 10.0 Å². The highest BCUT2D eigenvalue weighted by Crippen LogP contribution is 2.33. The summed E-state index contributed by atoms with van der Waals surface area (Å²) in [7, 11) is 0. The zero-order valence-corrected chi connectivity index (χ0v) is 11.4. The van der Waals surface area contributed by atoms with Crippen molar-refractivity contribution in [3.8, 4) is 0 Å². The lowest BCUT2D eigenvalue weighted by Gasteiger charge is -2.34. The van der Waals surface area contributed by atoms with Gasteiger partial charge in [-0.3, -0.25) is 10.1 Å². The first-order valence-electron chi connectivity index (χ1n) is 5.84. The van der Waals surface area contributed by atoms with Crippen LogP contribution in [0.1, 0.15) is 26.3 Å². The number of likely N-dealkylation sites (N-methyl/N-ethyl adjacent to an activating group) is 1. The van der Waals surface area contributed by atoms with Gasteiger partial charge in [0.05, 0.1) is 4.92 Å². The van der Waals surface area contributed by atoms with Gasteiger partial charge in [-0.25, -0.2) is 9.78 Å². The molecule has 104 valence electrons. The van der Waals surface area contributed by atoms with Crippen LogP contribution in [-0.2, 0) is 4.79 Å². The largest absolute Gasteiger partial charge is 0.480 e. The molecule has 0 saturated heterocycles. The quantitative estimate of drug-likeness (QED) is 0.647. The van der Waals surface area contributed by atoms with E-state index in [-0.39, 0.29) is 11.5 Å². The van der Waals surface area contributed by atoms with Gasteiger partial charge >= 0.3 is 11.7 Å². The van der Waals surface area contributed by atoms with Gasteiger partial charge in [0.15, 0.2) is 0 Å². The van der Waals surface area contributed by atoms with E-state index in [1.165, 1.54) is 31.0 Å². The van der Waals surface area contributed by atoms with Gasteiger partial charge in [0.25, 0.3) is 0 Å². The first-order valence-corrected chi connectivity index (χ1v) is 5.84. The number of hydrogen-bond acceptors (Lipinski definition) is 5. The van der Waals surface area contributed by atoms with Crippen molar-refractivity contribution < 1.29 is 14.8 Å². The lowest BCUT2D eigenvalue weighted by molar-refractivity contribution is -0.385. The van der Waals surface area contributed by atoms with Gasteiger partial charge in [0.1, 0.15) is 5.54 Å². The molecular formula is C12H17N3O4. The van der Waals surface area contributed by atoms with Crippen molar-refractivity contribution in [3.63, 3.8) is 0 Å². The summed E-state index contributed by atoms with van der Waals surface area (Å²) in [5.41, 5.74) is -0.978. The summed E-state index contributed by atoms with van der Waals surface area (Å²) in [6.07, 6.45) is 1.44. The normalized spacial score (nSPS) is 11.2. The molecule has 0 bridgehead atoms. The number of nitro groups is 1. The third-order valence-corrected chi connectivity index (χ3v) is 3.06. The average molecular weight is 267 g/mol. The molecule has 0 aliphatic rings. The van der Waals surface area contributed by atoms with Gasteiger partial charge in [-0.1, -0.05) is 0 Å². The Morgan fingerprint density at radius 1 is 1.58 bits per heavy atom. The molecule has 1 aromatic rings. The molecule has 1 heterocycles. The van der Waals surface area contributed by atoms with E-state index in [2.05, 4.69) is 4.98 Å². The molecule has 7 heteroatoms. The van der Waals surface area contributed by atoms with E-state index in [0.717, 1.165) is 0 Å². The highest BCUT2D eigenvalue weighted by molar-refractivity contribution is 5.83. The zero-order valence-electron chi connectivity index (χ0n) is 11.4. The fourth-order valence-electron chi connectivity index (χ4n) is 1.88. The van der Waals surface area contributed by atoms with Crippen LogP contribution in [0, 0.1) is 17.0 Å². The van der Waals surface area contributed by atoms with Crippen LogP contribution in [-0.4, -0.2) is 33.1 Å². The number of anilines is 1. The molecule has 0 aliphatic heterocycles. The number of pyridine rings is 1. The van der Waals surface area contributed by atoms with Gasteiger partial charge in [-0.2, -0.15) is 0 Å². The Bertz CT molecular complexity index is 514. The van der Waals surface area contributed by atoms with Crippen molar-refractivity contribution in [2.75, 3.05) is 11.4 Å². The van der Waals surface area contributed by atoms with E-state index in [4.69, 9.17) is 0 Å². The fourth-order valence-corrected chi connectivity index (χ4v) is 1.88. The molecule has 0 aliphatic carbocycles. The van der Waals surface area contributed by atoms with Crippen molar-refractivity contribution in [2.45, 2.75) is 33.2 Å². The van der Waals surface area contributed by atoms with Crippen LogP contribution >= 0.6 is 0 Å². The first-order chi connectivity index (χ1) is 8.73. The van der Waals surface area contributed by atoms with Crippen LogP contribution in [0.15, 0.2) is 12.3 Å². The second-order valence-corrected chi connectivity index (χ2v) is 4.67. The maximum atomic E-state index is 11.3. The smallest absolute Gasteiger partial charge is 0.329 e. The van der Waals surface area contributed by atoms with E-state index in [9.17, 15) is 20.0 Å². The van der Waals surface area contributed by atoms with E-state index >= 15 is 0 Å². The minimum absolute atomic E-state index is 0.0832. The number of aromatic nitrogens is 1. The van der Waals surface area contributed by atoms with Crippen molar-refractivity contribution in [1.29, 1.82) is 0 Å².